The molecule has 28 heavy (non-hydrogen) atoms. The van der Waals surface area contributed by atoms with E-state index in [1.54, 1.807) is 7.11 Å². The zero-order valence-corrected chi connectivity index (χ0v) is 17.5. The fraction of sp³-hybridized carbons (Fsp3) is 0.440. The minimum Gasteiger partial charge on any atom is -0.496 e. The van der Waals surface area contributed by atoms with Crippen molar-refractivity contribution in [3.63, 3.8) is 0 Å². The number of allylic oxidation sites excluding steroid dienone is 1. The molecule has 0 heterocycles. The molecule has 3 heteroatoms. The standard InChI is InChI=1S/C25H34O3/c1-20(23-12-15-25(27-3)21(2)19-23)18-22-10-13-24(14-11-22)28-17-9-7-5-4-6-8-16-26/h10-15,18-19,26H,4-9,16-17H2,1-3H3/b20-18+. The fourth-order valence-electron chi connectivity index (χ4n) is 3.23. The number of ether oxygens (including phenoxy) is 2. The molecular formula is C25H34O3. The van der Waals surface area contributed by atoms with Crippen molar-refractivity contribution in [1.29, 1.82) is 0 Å². The molecule has 0 saturated heterocycles. The van der Waals surface area contributed by atoms with Gasteiger partial charge in [-0.15, -0.1) is 0 Å². The number of aliphatic hydroxyl groups is 1. The second-order valence-corrected chi connectivity index (χ2v) is 7.27. The van der Waals surface area contributed by atoms with Crippen LogP contribution in [0.3, 0.4) is 0 Å². The Bertz CT molecular complexity index is 732. The molecule has 0 amide bonds. The summed E-state index contributed by atoms with van der Waals surface area (Å²) in [5.41, 5.74) is 4.74. The van der Waals surface area contributed by atoms with Crippen LogP contribution >= 0.6 is 0 Å². The summed E-state index contributed by atoms with van der Waals surface area (Å²) in [6, 6.07) is 14.6. The summed E-state index contributed by atoms with van der Waals surface area (Å²) in [4.78, 5) is 0. The first-order valence-corrected chi connectivity index (χ1v) is 10.3. The molecule has 0 atom stereocenters. The van der Waals surface area contributed by atoms with E-state index in [1.165, 1.54) is 36.0 Å². The van der Waals surface area contributed by atoms with Crippen molar-refractivity contribution in [1.82, 2.24) is 0 Å². The Kier molecular flexibility index (Phi) is 9.64. The minimum absolute atomic E-state index is 0.313. The van der Waals surface area contributed by atoms with E-state index in [2.05, 4.69) is 44.2 Å². The van der Waals surface area contributed by atoms with E-state index in [9.17, 15) is 0 Å². The fourth-order valence-corrected chi connectivity index (χ4v) is 3.23. The van der Waals surface area contributed by atoms with Crippen LogP contribution in [0.1, 0.15) is 62.1 Å². The summed E-state index contributed by atoms with van der Waals surface area (Å²) in [5, 5.41) is 8.76. The third kappa shape index (κ3) is 7.40. The summed E-state index contributed by atoms with van der Waals surface area (Å²) in [5.74, 6) is 1.85. The summed E-state index contributed by atoms with van der Waals surface area (Å²) in [6.45, 7) is 5.27. The van der Waals surface area contributed by atoms with E-state index in [0.717, 1.165) is 42.9 Å². The first kappa shape index (κ1) is 22.0. The Morgan fingerprint density at radius 3 is 2.25 bits per heavy atom. The molecule has 0 aliphatic rings. The molecule has 0 aromatic heterocycles. The van der Waals surface area contributed by atoms with Crippen molar-refractivity contribution in [3.05, 3.63) is 59.2 Å². The molecule has 2 aromatic rings. The summed E-state index contributed by atoms with van der Waals surface area (Å²) in [7, 11) is 1.70. The number of hydrogen-bond donors (Lipinski definition) is 1. The van der Waals surface area contributed by atoms with Crippen molar-refractivity contribution in [2.45, 2.75) is 52.4 Å². The molecule has 0 radical (unpaired) electrons. The lowest BCUT2D eigenvalue weighted by atomic mass is 10.0. The number of aliphatic hydroxyl groups excluding tert-OH is 1. The van der Waals surface area contributed by atoms with Crippen LogP contribution in [0.25, 0.3) is 11.6 Å². The highest BCUT2D eigenvalue weighted by atomic mass is 16.5. The van der Waals surface area contributed by atoms with Gasteiger partial charge in [-0.3, -0.25) is 0 Å². The van der Waals surface area contributed by atoms with E-state index >= 15 is 0 Å². The second kappa shape index (κ2) is 12.2. The van der Waals surface area contributed by atoms with Gasteiger partial charge in [0.2, 0.25) is 0 Å². The molecule has 3 nitrogen and oxygen atoms in total. The van der Waals surface area contributed by atoms with Crippen LogP contribution in [0.2, 0.25) is 0 Å². The van der Waals surface area contributed by atoms with Gasteiger partial charge in [0, 0.05) is 6.61 Å². The van der Waals surface area contributed by atoms with Gasteiger partial charge in [0.05, 0.1) is 13.7 Å². The molecular weight excluding hydrogens is 348 g/mol. The average Bonchev–Trinajstić information content (AvgIpc) is 2.71. The molecule has 152 valence electrons. The van der Waals surface area contributed by atoms with Crippen LogP contribution in [0, 0.1) is 6.92 Å². The monoisotopic (exact) mass is 382 g/mol. The van der Waals surface area contributed by atoms with Gasteiger partial charge < -0.3 is 14.6 Å². The molecule has 2 rings (SSSR count). The van der Waals surface area contributed by atoms with Crippen molar-refractivity contribution in [2.24, 2.45) is 0 Å². The van der Waals surface area contributed by atoms with Crippen LogP contribution < -0.4 is 9.47 Å². The molecule has 0 spiro atoms. The van der Waals surface area contributed by atoms with E-state index in [-0.39, 0.29) is 0 Å². The zero-order valence-electron chi connectivity index (χ0n) is 17.5. The van der Waals surface area contributed by atoms with Crippen molar-refractivity contribution < 1.29 is 14.6 Å². The lowest BCUT2D eigenvalue weighted by Gasteiger charge is -2.09. The first-order chi connectivity index (χ1) is 13.6. The lowest BCUT2D eigenvalue weighted by molar-refractivity contribution is 0.280. The van der Waals surface area contributed by atoms with Crippen LogP contribution in [0.5, 0.6) is 11.5 Å². The van der Waals surface area contributed by atoms with Gasteiger partial charge in [0.15, 0.2) is 0 Å². The molecule has 1 N–H and O–H groups in total. The highest BCUT2D eigenvalue weighted by Gasteiger charge is 2.02. The number of benzene rings is 2. The average molecular weight is 383 g/mol. The topological polar surface area (TPSA) is 38.7 Å². The maximum Gasteiger partial charge on any atom is 0.121 e. The zero-order chi connectivity index (χ0) is 20.2. The number of methoxy groups -OCH3 is 1. The normalized spacial score (nSPS) is 11.5. The van der Waals surface area contributed by atoms with E-state index in [0.29, 0.717) is 6.61 Å². The molecule has 0 saturated carbocycles. The number of unbranched alkanes of at least 4 members (excludes halogenated alkanes) is 5. The van der Waals surface area contributed by atoms with E-state index in [1.807, 2.05) is 18.2 Å². The minimum atomic E-state index is 0.313. The van der Waals surface area contributed by atoms with Crippen LogP contribution in [0.15, 0.2) is 42.5 Å². The predicted molar refractivity (Wildman–Crippen MR) is 118 cm³/mol. The van der Waals surface area contributed by atoms with Gasteiger partial charge in [0.25, 0.3) is 0 Å². The Labute approximate surface area is 170 Å². The third-order valence-electron chi connectivity index (χ3n) is 4.93. The maximum absolute atomic E-state index is 8.76. The van der Waals surface area contributed by atoms with Gasteiger partial charge in [-0.05, 0) is 73.2 Å². The predicted octanol–water partition coefficient (Wildman–Crippen LogP) is 6.28. The molecule has 0 aliphatic carbocycles. The summed E-state index contributed by atoms with van der Waals surface area (Å²) < 4.78 is 11.2. The molecule has 0 unspecified atom stereocenters. The van der Waals surface area contributed by atoms with E-state index < -0.39 is 0 Å². The number of aryl methyl sites for hydroxylation is 1. The second-order valence-electron chi connectivity index (χ2n) is 7.27. The SMILES string of the molecule is COc1ccc(/C(C)=C/c2ccc(OCCCCCCCCO)cc2)cc1C. The molecule has 0 fully saturated rings. The molecule has 0 aliphatic heterocycles. The lowest BCUT2D eigenvalue weighted by Crippen LogP contribution is -1.97. The highest BCUT2D eigenvalue weighted by Crippen LogP contribution is 2.25. The van der Waals surface area contributed by atoms with Crippen molar-refractivity contribution in [2.75, 3.05) is 20.3 Å². The smallest absolute Gasteiger partial charge is 0.121 e. The first-order valence-electron chi connectivity index (χ1n) is 10.3. The van der Waals surface area contributed by atoms with Crippen LogP contribution in [-0.4, -0.2) is 25.4 Å². The maximum atomic E-state index is 8.76. The van der Waals surface area contributed by atoms with Gasteiger partial charge in [-0.2, -0.15) is 0 Å². The van der Waals surface area contributed by atoms with Crippen LogP contribution in [-0.2, 0) is 0 Å². The summed E-state index contributed by atoms with van der Waals surface area (Å²) >= 11 is 0. The van der Waals surface area contributed by atoms with Gasteiger partial charge in [-0.25, -0.2) is 0 Å². The quantitative estimate of drug-likeness (QED) is 0.347. The Hall–Kier alpha value is -2.26. The van der Waals surface area contributed by atoms with Gasteiger partial charge in [-0.1, -0.05) is 50.0 Å². The summed E-state index contributed by atoms with van der Waals surface area (Å²) in [6.07, 6.45) is 8.93. The van der Waals surface area contributed by atoms with Gasteiger partial charge >= 0.3 is 0 Å². The number of rotatable bonds is 12. The van der Waals surface area contributed by atoms with Crippen molar-refractivity contribution in [3.8, 4) is 11.5 Å². The Morgan fingerprint density at radius 2 is 1.61 bits per heavy atom. The molecule has 2 aromatic carbocycles. The van der Waals surface area contributed by atoms with Crippen LogP contribution in [0.4, 0.5) is 0 Å². The highest BCUT2D eigenvalue weighted by molar-refractivity contribution is 5.80. The largest absolute Gasteiger partial charge is 0.496 e. The number of hydrogen-bond acceptors (Lipinski definition) is 3. The molecule has 0 bridgehead atoms. The van der Waals surface area contributed by atoms with E-state index in [4.69, 9.17) is 14.6 Å². The van der Waals surface area contributed by atoms with Crippen molar-refractivity contribution >= 4 is 11.6 Å². The Morgan fingerprint density at radius 1 is 0.929 bits per heavy atom. The Balaban J connectivity index is 1.80. The third-order valence-corrected chi connectivity index (χ3v) is 4.93. The van der Waals surface area contributed by atoms with Gasteiger partial charge in [0.1, 0.15) is 11.5 Å².